The zero-order valence-corrected chi connectivity index (χ0v) is 13.2. The lowest BCUT2D eigenvalue weighted by molar-refractivity contribution is -0.118. The fraction of sp³-hybridized carbons (Fsp3) is 0.400. The highest BCUT2D eigenvalue weighted by Gasteiger charge is 2.13. The molecule has 0 aliphatic heterocycles. The molecule has 0 unspecified atom stereocenters. The van der Waals surface area contributed by atoms with Gasteiger partial charge < -0.3 is 9.88 Å². The summed E-state index contributed by atoms with van der Waals surface area (Å²) >= 11 is 1.43. The van der Waals surface area contributed by atoms with Crippen LogP contribution in [0.4, 0.5) is 0 Å². The predicted octanol–water partition coefficient (Wildman–Crippen LogP) is 2.12. The number of benzene rings is 1. The van der Waals surface area contributed by atoms with E-state index in [0.717, 1.165) is 23.9 Å². The normalized spacial score (nSPS) is 10.6. The van der Waals surface area contributed by atoms with Gasteiger partial charge in [0.05, 0.1) is 5.75 Å². The minimum Gasteiger partial charge on any atom is -0.356 e. The zero-order valence-electron chi connectivity index (χ0n) is 12.4. The number of thioether (sulfide) groups is 1. The van der Waals surface area contributed by atoms with E-state index in [4.69, 9.17) is 0 Å². The first-order chi connectivity index (χ1) is 10.2. The number of amides is 1. The predicted molar refractivity (Wildman–Crippen MR) is 84.4 cm³/mol. The van der Waals surface area contributed by atoms with Gasteiger partial charge in [0.15, 0.2) is 5.16 Å². The van der Waals surface area contributed by atoms with Gasteiger partial charge in [0, 0.05) is 19.5 Å². The van der Waals surface area contributed by atoms with Crippen LogP contribution in [-0.4, -0.2) is 33.0 Å². The number of nitrogens with zero attached hydrogens (tertiary/aromatic N) is 3. The molecule has 1 amide bonds. The number of carbonyl (C=O) groups is 1. The SMILES string of the molecule is CCNC(=O)CSc1nnc(Cc2ccccc2)n1CC. The van der Waals surface area contributed by atoms with Crippen LogP contribution in [-0.2, 0) is 17.8 Å². The molecule has 0 atom stereocenters. The monoisotopic (exact) mass is 304 g/mol. The van der Waals surface area contributed by atoms with Crippen molar-refractivity contribution >= 4 is 17.7 Å². The van der Waals surface area contributed by atoms with Crippen molar-refractivity contribution in [3.05, 3.63) is 41.7 Å². The highest BCUT2D eigenvalue weighted by molar-refractivity contribution is 7.99. The maximum absolute atomic E-state index is 11.5. The van der Waals surface area contributed by atoms with E-state index in [9.17, 15) is 4.79 Å². The maximum atomic E-state index is 11.5. The van der Waals surface area contributed by atoms with Gasteiger partial charge in [0.25, 0.3) is 0 Å². The van der Waals surface area contributed by atoms with Crippen LogP contribution in [0.5, 0.6) is 0 Å². The van der Waals surface area contributed by atoms with Gasteiger partial charge in [0.2, 0.25) is 5.91 Å². The largest absolute Gasteiger partial charge is 0.356 e. The molecule has 0 aliphatic rings. The third-order valence-corrected chi connectivity index (χ3v) is 3.99. The molecule has 0 fully saturated rings. The number of nitrogens with one attached hydrogen (secondary N) is 1. The second-order valence-electron chi connectivity index (χ2n) is 4.55. The molecule has 0 saturated carbocycles. The molecule has 0 saturated heterocycles. The van der Waals surface area contributed by atoms with Crippen molar-refractivity contribution in [2.75, 3.05) is 12.3 Å². The van der Waals surface area contributed by atoms with E-state index in [2.05, 4.69) is 39.1 Å². The summed E-state index contributed by atoms with van der Waals surface area (Å²) in [5.41, 5.74) is 1.21. The van der Waals surface area contributed by atoms with Gasteiger partial charge in [-0.15, -0.1) is 10.2 Å². The van der Waals surface area contributed by atoms with Gasteiger partial charge >= 0.3 is 0 Å². The summed E-state index contributed by atoms with van der Waals surface area (Å²) in [5, 5.41) is 12.1. The quantitative estimate of drug-likeness (QED) is 0.796. The van der Waals surface area contributed by atoms with Crippen LogP contribution < -0.4 is 5.32 Å². The van der Waals surface area contributed by atoms with E-state index in [1.165, 1.54) is 17.3 Å². The Kier molecular flexibility index (Phi) is 5.80. The first-order valence-electron chi connectivity index (χ1n) is 7.10. The Bertz CT molecular complexity index is 583. The molecule has 0 bridgehead atoms. The van der Waals surface area contributed by atoms with E-state index >= 15 is 0 Å². The van der Waals surface area contributed by atoms with Crippen LogP contribution in [0.2, 0.25) is 0 Å². The summed E-state index contributed by atoms with van der Waals surface area (Å²) in [7, 11) is 0. The van der Waals surface area contributed by atoms with Crippen molar-refractivity contribution in [1.29, 1.82) is 0 Å². The molecule has 1 N–H and O–H groups in total. The number of hydrogen-bond donors (Lipinski definition) is 1. The first kappa shape index (κ1) is 15.6. The Balaban J connectivity index is 2.05. The first-order valence-corrected chi connectivity index (χ1v) is 8.08. The molecule has 0 radical (unpaired) electrons. The zero-order chi connectivity index (χ0) is 15.1. The number of aromatic nitrogens is 3. The standard InChI is InChI=1S/C15H20N4OS/c1-3-16-14(20)11-21-15-18-17-13(19(15)4-2)10-12-8-6-5-7-9-12/h5-9H,3-4,10-11H2,1-2H3,(H,16,20). The van der Waals surface area contributed by atoms with Crippen molar-refractivity contribution in [2.24, 2.45) is 0 Å². The Morgan fingerprint density at radius 3 is 2.67 bits per heavy atom. The third kappa shape index (κ3) is 4.32. The Hall–Kier alpha value is -1.82. The topological polar surface area (TPSA) is 59.8 Å². The molecule has 2 aromatic rings. The molecule has 112 valence electrons. The van der Waals surface area contributed by atoms with Gasteiger partial charge in [-0.2, -0.15) is 0 Å². The van der Waals surface area contributed by atoms with Crippen molar-refractivity contribution in [3.63, 3.8) is 0 Å². The molecule has 1 aromatic heterocycles. The Labute approximate surface area is 129 Å². The average Bonchev–Trinajstić information content (AvgIpc) is 2.88. The van der Waals surface area contributed by atoms with Crippen molar-refractivity contribution in [3.8, 4) is 0 Å². The molecule has 0 aliphatic carbocycles. The molecule has 21 heavy (non-hydrogen) atoms. The molecule has 5 nitrogen and oxygen atoms in total. The van der Waals surface area contributed by atoms with Crippen LogP contribution in [0, 0.1) is 0 Å². The van der Waals surface area contributed by atoms with E-state index in [1.807, 2.05) is 25.1 Å². The molecule has 6 heteroatoms. The van der Waals surface area contributed by atoms with Gasteiger partial charge in [0.1, 0.15) is 5.82 Å². The molecular formula is C15H20N4OS. The second kappa shape index (κ2) is 7.83. The van der Waals surface area contributed by atoms with E-state index in [0.29, 0.717) is 12.3 Å². The fourth-order valence-corrected chi connectivity index (χ4v) is 2.88. The summed E-state index contributed by atoms with van der Waals surface area (Å²) in [5.74, 6) is 1.33. The van der Waals surface area contributed by atoms with Gasteiger partial charge in [-0.3, -0.25) is 4.79 Å². The lowest BCUT2D eigenvalue weighted by atomic mass is 10.1. The maximum Gasteiger partial charge on any atom is 0.230 e. The van der Waals surface area contributed by atoms with E-state index in [-0.39, 0.29) is 5.91 Å². The summed E-state index contributed by atoms with van der Waals surface area (Å²) in [6.45, 7) is 5.43. The van der Waals surface area contributed by atoms with Gasteiger partial charge in [-0.05, 0) is 19.4 Å². The van der Waals surface area contributed by atoms with Crippen LogP contribution in [0.15, 0.2) is 35.5 Å². The van der Waals surface area contributed by atoms with Gasteiger partial charge in [-0.25, -0.2) is 0 Å². The summed E-state index contributed by atoms with van der Waals surface area (Å²) in [4.78, 5) is 11.5. The number of hydrogen-bond acceptors (Lipinski definition) is 4. The lowest BCUT2D eigenvalue weighted by Gasteiger charge is -2.07. The highest BCUT2D eigenvalue weighted by atomic mass is 32.2. The third-order valence-electron chi connectivity index (χ3n) is 3.02. The van der Waals surface area contributed by atoms with Crippen LogP contribution in [0.25, 0.3) is 0 Å². The minimum absolute atomic E-state index is 0.0257. The van der Waals surface area contributed by atoms with Gasteiger partial charge in [-0.1, -0.05) is 42.1 Å². The van der Waals surface area contributed by atoms with E-state index in [1.54, 1.807) is 0 Å². The summed E-state index contributed by atoms with van der Waals surface area (Å²) in [6.07, 6.45) is 0.753. The highest BCUT2D eigenvalue weighted by Crippen LogP contribution is 2.18. The molecule has 0 spiro atoms. The Morgan fingerprint density at radius 2 is 2.00 bits per heavy atom. The molecular weight excluding hydrogens is 284 g/mol. The smallest absolute Gasteiger partial charge is 0.230 e. The number of rotatable bonds is 7. The van der Waals surface area contributed by atoms with Crippen molar-refractivity contribution in [2.45, 2.75) is 32.0 Å². The second-order valence-corrected chi connectivity index (χ2v) is 5.49. The molecule has 2 rings (SSSR count). The van der Waals surface area contributed by atoms with Crippen LogP contribution in [0.1, 0.15) is 25.2 Å². The fourth-order valence-electron chi connectivity index (χ4n) is 2.03. The van der Waals surface area contributed by atoms with Crippen LogP contribution in [0.3, 0.4) is 0 Å². The van der Waals surface area contributed by atoms with Crippen LogP contribution >= 0.6 is 11.8 Å². The minimum atomic E-state index is 0.0257. The summed E-state index contributed by atoms with van der Waals surface area (Å²) in [6, 6.07) is 10.2. The number of carbonyl (C=O) groups excluding carboxylic acids is 1. The lowest BCUT2D eigenvalue weighted by Crippen LogP contribution is -2.24. The van der Waals surface area contributed by atoms with Crippen molar-refractivity contribution in [1.82, 2.24) is 20.1 Å². The van der Waals surface area contributed by atoms with E-state index < -0.39 is 0 Å². The molecule has 1 heterocycles. The Morgan fingerprint density at radius 1 is 1.24 bits per heavy atom. The summed E-state index contributed by atoms with van der Waals surface area (Å²) < 4.78 is 2.07. The molecule has 1 aromatic carbocycles. The van der Waals surface area contributed by atoms with Crippen molar-refractivity contribution < 1.29 is 4.79 Å². The average molecular weight is 304 g/mol.